The zero-order chi connectivity index (χ0) is 7.40. The monoisotopic (exact) mass is 158 g/mol. The molecule has 2 nitrogen and oxygen atoms in total. The molecule has 0 atom stereocenters. The Morgan fingerprint density at radius 2 is 2.10 bits per heavy atom. The molecule has 1 aromatic carbocycles. The number of hydrogen-bond donors (Lipinski definition) is 0. The lowest BCUT2D eigenvalue weighted by Gasteiger charge is -1.94. The minimum Gasteiger partial charge on any atom is -0.405 e. The zero-order valence-corrected chi connectivity index (χ0v) is 5.85. The largest absolute Gasteiger partial charge is 0.405 e. The van der Waals surface area contributed by atoms with E-state index in [1.165, 1.54) is 18.2 Å². The summed E-state index contributed by atoms with van der Waals surface area (Å²) in [5.74, 6) is -0.509. The molecule has 0 spiro atoms. The van der Waals surface area contributed by atoms with Crippen molar-refractivity contribution in [3.8, 4) is 5.75 Å². The van der Waals surface area contributed by atoms with Crippen LogP contribution < -0.4 is 4.52 Å². The van der Waals surface area contributed by atoms with Crippen molar-refractivity contribution in [2.45, 2.75) is 0 Å². The van der Waals surface area contributed by atoms with Crippen LogP contribution in [0.2, 0.25) is 0 Å². The Balaban J connectivity index is 2.91. The highest BCUT2D eigenvalue weighted by Gasteiger charge is 1.98. The van der Waals surface area contributed by atoms with E-state index in [-0.39, 0.29) is 5.75 Å². The van der Waals surface area contributed by atoms with E-state index in [4.69, 9.17) is 0 Å². The number of halogens is 1. The van der Waals surface area contributed by atoms with Gasteiger partial charge in [-0.15, -0.1) is 0 Å². The van der Waals surface area contributed by atoms with Gasteiger partial charge in [0.15, 0.2) is 11.6 Å². The fourth-order valence-corrected chi connectivity index (χ4v) is 0.787. The third-order valence-electron chi connectivity index (χ3n) is 0.972. The first-order valence-electron chi connectivity index (χ1n) is 2.59. The van der Waals surface area contributed by atoms with Gasteiger partial charge in [0.25, 0.3) is 0 Å². The lowest BCUT2D eigenvalue weighted by atomic mass is 10.3. The van der Waals surface area contributed by atoms with E-state index in [0.717, 1.165) is 0 Å². The van der Waals surface area contributed by atoms with Crippen LogP contribution in [0.25, 0.3) is 0 Å². The molecule has 1 rings (SSSR count). The number of para-hydroxylation sites is 1. The molecule has 0 N–H and O–H groups in total. The maximum atomic E-state index is 12.5. The van der Waals surface area contributed by atoms with Crippen molar-refractivity contribution >= 4 is 8.69 Å². The van der Waals surface area contributed by atoms with Crippen LogP contribution in [0.15, 0.2) is 24.3 Å². The highest BCUT2D eigenvalue weighted by Crippen LogP contribution is 2.18. The van der Waals surface area contributed by atoms with Crippen molar-refractivity contribution < 1.29 is 13.5 Å². The zero-order valence-electron chi connectivity index (χ0n) is 4.95. The fraction of sp³-hybridized carbons (Fsp3) is 0. The molecule has 0 aliphatic carbocycles. The highest BCUT2D eigenvalue weighted by molar-refractivity contribution is 7.17. The number of hydrogen-bond acceptors (Lipinski definition) is 2. The molecule has 0 aromatic heterocycles. The number of benzene rings is 1. The van der Waals surface area contributed by atoms with E-state index in [0.29, 0.717) is 0 Å². The molecule has 0 aliphatic rings. The molecule has 0 fully saturated rings. The summed E-state index contributed by atoms with van der Waals surface area (Å²) in [4.78, 5) is 0. The van der Waals surface area contributed by atoms with Gasteiger partial charge < -0.3 is 4.52 Å². The standard InChI is InChI=1S/C6H4FO2P/c7-5-3-1-2-4-6(5)9-10-8/h1-4H. The Hall–Kier alpha value is -0.950. The summed E-state index contributed by atoms with van der Waals surface area (Å²) in [5, 5.41) is 0. The Kier molecular flexibility index (Phi) is 2.35. The predicted molar refractivity (Wildman–Crippen MR) is 34.6 cm³/mol. The molecule has 0 saturated heterocycles. The van der Waals surface area contributed by atoms with Crippen LogP contribution in [-0.4, -0.2) is 0 Å². The maximum absolute atomic E-state index is 12.5. The Morgan fingerprint density at radius 1 is 1.40 bits per heavy atom. The molecule has 10 heavy (non-hydrogen) atoms. The summed E-state index contributed by atoms with van der Waals surface area (Å²) in [7, 11) is -0.540. The summed E-state index contributed by atoms with van der Waals surface area (Å²) in [6.07, 6.45) is 0. The minimum absolute atomic E-state index is 0.000772. The van der Waals surface area contributed by atoms with Crippen molar-refractivity contribution in [2.24, 2.45) is 0 Å². The molecule has 0 amide bonds. The SMILES string of the molecule is O=POc1ccccc1F. The van der Waals surface area contributed by atoms with E-state index in [9.17, 15) is 8.96 Å². The third kappa shape index (κ3) is 1.52. The van der Waals surface area contributed by atoms with E-state index >= 15 is 0 Å². The third-order valence-corrected chi connectivity index (χ3v) is 1.24. The van der Waals surface area contributed by atoms with Crippen LogP contribution in [0.3, 0.4) is 0 Å². The van der Waals surface area contributed by atoms with Crippen molar-refractivity contribution in [1.29, 1.82) is 0 Å². The first-order valence-corrected chi connectivity index (χ1v) is 3.32. The van der Waals surface area contributed by atoms with Gasteiger partial charge in [0.05, 0.1) is 0 Å². The van der Waals surface area contributed by atoms with Crippen LogP contribution in [0, 0.1) is 5.82 Å². The highest BCUT2D eigenvalue weighted by atomic mass is 31.1. The van der Waals surface area contributed by atoms with E-state index in [1.54, 1.807) is 6.07 Å². The molecular weight excluding hydrogens is 154 g/mol. The molecule has 0 radical (unpaired) electrons. The van der Waals surface area contributed by atoms with Gasteiger partial charge in [-0.25, -0.2) is 8.96 Å². The summed E-state index contributed by atoms with van der Waals surface area (Å²) in [6, 6.07) is 5.77. The van der Waals surface area contributed by atoms with Gasteiger partial charge in [-0.1, -0.05) is 12.1 Å². The van der Waals surface area contributed by atoms with Crippen molar-refractivity contribution in [3.63, 3.8) is 0 Å². The first-order chi connectivity index (χ1) is 4.84. The van der Waals surface area contributed by atoms with E-state index in [2.05, 4.69) is 4.52 Å². The average molecular weight is 158 g/mol. The van der Waals surface area contributed by atoms with Gasteiger partial charge >= 0.3 is 8.69 Å². The average Bonchev–Trinajstić information content (AvgIpc) is 1.94. The Labute approximate surface area is 58.9 Å². The second-order valence-corrected chi connectivity index (χ2v) is 1.93. The van der Waals surface area contributed by atoms with Gasteiger partial charge in [-0.2, -0.15) is 0 Å². The van der Waals surface area contributed by atoms with Crippen LogP contribution in [0.1, 0.15) is 0 Å². The molecule has 0 bridgehead atoms. The van der Waals surface area contributed by atoms with Crippen LogP contribution in [-0.2, 0) is 4.57 Å². The van der Waals surface area contributed by atoms with Gasteiger partial charge in [0.2, 0.25) is 0 Å². The number of rotatable bonds is 2. The van der Waals surface area contributed by atoms with Gasteiger partial charge in [-0.05, 0) is 12.1 Å². The summed E-state index contributed by atoms with van der Waals surface area (Å²) in [6.45, 7) is 0. The summed E-state index contributed by atoms with van der Waals surface area (Å²) < 4.78 is 26.7. The second-order valence-electron chi connectivity index (χ2n) is 1.60. The lowest BCUT2D eigenvalue weighted by Crippen LogP contribution is -1.79. The fourth-order valence-electron chi connectivity index (χ4n) is 0.559. The molecule has 0 saturated carbocycles. The van der Waals surface area contributed by atoms with Gasteiger partial charge in [0.1, 0.15) is 0 Å². The Bertz CT molecular complexity index is 239. The summed E-state index contributed by atoms with van der Waals surface area (Å²) >= 11 is 0. The molecule has 52 valence electrons. The van der Waals surface area contributed by atoms with Crippen molar-refractivity contribution in [3.05, 3.63) is 30.1 Å². The van der Waals surface area contributed by atoms with Gasteiger partial charge in [-0.3, -0.25) is 0 Å². The molecule has 0 heterocycles. The molecular formula is C6H4FO2P. The minimum atomic E-state index is -0.540. The normalized spacial score (nSPS) is 9.70. The quantitative estimate of drug-likeness (QED) is 0.617. The van der Waals surface area contributed by atoms with E-state index < -0.39 is 14.5 Å². The van der Waals surface area contributed by atoms with Crippen LogP contribution >= 0.6 is 8.69 Å². The molecule has 1 aromatic rings. The van der Waals surface area contributed by atoms with Crippen LogP contribution in [0.4, 0.5) is 4.39 Å². The van der Waals surface area contributed by atoms with E-state index in [1.807, 2.05) is 0 Å². The molecule has 4 heteroatoms. The van der Waals surface area contributed by atoms with Crippen molar-refractivity contribution in [2.75, 3.05) is 0 Å². The summed E-state index contributed by atoms with van der Waals surface area (Å²) in [5.41, 5.74) is 0. The second kappa shape index (κ2) is 3.28. The van der Waals surface area contributed by atoms with Gasteiger partial charge in [0, 0.05) is 0 Å². The molecule has 0 unspecified atom stereocenters. The Morgan fingerprint density at radius 3 is 2.70 bits per heavy atom. The topological polar surface area (TPSA) is 26.3 Å². The van der Waals surface area contributed by atoms with Crippen molar-refractivity contribution in [1.82, 2.24) is 0 Å². The smallest absolute Gasteiger partial charge is 0.395 e. The first kappa shape index (κ1) is 7.16. The maximum Gasteiger partial charge on any atom is 0.395 e. The molecule has 0 aliphatic heterocycles. The lowest BCUT2D eigenvalue weighted by molar-refractivity contribution is 0.494. The van der Waals surface area contributed by atoms with Crippen LogP contribution in [0.5, 0.6) is 5.75 Å². The predicted octanol–water partition coefficient (Wildman–Crippen LogP) is 2.41.